The van der Waals surface area contributed by atoms with Crippen LogP contribution in [-0.4, -0.2) is 29.1 Å². The van der Waals surface area contributed by atoms with Crippen molar-refractivity contribution in [3.63, 3.8) is 0 Å². The summed E-state index contributed by atoms with van der Waals surface area (Å²) in [6, 6.07) is 7.26. The predicted molar refractivity (Wildman–Crippen MR) is 139 cm³/mol. The molecule has 0 N–H and O–H groups in total. The Morgan fingerprint density at radius 3 is 2.59 bits per heavy atom. The first-order chi connectivity index (χ1) is 15.3. The fraction of sp³-hybridized carbons (Fsp3) is 0.261. The van der Waals surface area contributed by atoms with Crippen LogP contribution in [0.25, 0.3) is 10.9 Å². The summed E-state index contributed by atoms with van der Waals surface area (Å²) in [6.07, 6.45) is 3.27. The van der Waals surface area contributed by atoms with Crippen molar-refractivity contribution in [2.75, 3.05) is 13.2 Å². The van der Waals surface area contributed by atoms with Gasteiger partial charge in [-0.05, 0) is 63.0 Å². The van der Waals surface area contributed by atoms with Gasteiger partial charge in [0.25, 0.3) is 5.56 Å². The summed E-state index contributed by atoms with van der Waals surface area (Å²) in [5.74, 6) is 1.69. The topological polar surface area (TPSA) is 65.7 Å². The summed E-state index contributed by atoms with van der Waals surface area (Å²) in [5.41, 5.74) is 1.12. The van der Waals surface area contributed by atoms with Gasteiger partial charge in [-0.2, -0.15) is 9.78 Å². The number of rotatable bonds is 8. The summed E-state index contributed by atoms with van der Waals surface area (Å²) in [4.78, 5) is 17.9. The number of benzene rings is 2. The van der Waals surface area contributed by atoms with Crippen molar-refractivity contribution >= 4 is 64.9 Å². The zero-order chi connectivity index (χ0) is 23.4. The maximum absolute atomic E-state index is 13.2. The van der Waals surface area contributed by atoms with E-state index in [2.05, 4.69) is 64.5 Å². The number of ether oxygens (including phenoxy) is 2. The van der Waals surface area contributed by atoms with E-state index in [0.29, 0.717) is 51.5 Å². The molecule has 0 atom stereocenters. The van der Waals surface area contributed by atoms with Crippen LogP contribution in [0, 0.1) is 0 Å². The molecule has 0 amide bonds. The van der Waals surface area contributed by atoms with E-state index in [4.69, 9.17) is 9.47 Å². The van der Waals surface area contributed by atoms with Crippen LogP contribution in [0.3, 0.4) is 0 Å². The monoisotopic (exact) mass is 625 g/mol. The third kappa shape index (κ3) is 5.15. The Kier molecular flexibility index (Phi) is 8.30. The molecular formula is C23H22Br3N3O3. The molecule has 0 unspecified atom stereocenters. The van der Waals surface area contributed by atoms with Crippen LogP contribution in [0.2, 0.25) is 0 Å². The molecule has 1 heterocycles. The van der Waals surface area contributed by atoms with Gasteiger partial charge in [0.2, 0.25) is 0 Å². The van der Waals surface area contributed by atoms with Gasteiger partial charge in [0.15, 0.2) is 11.5 Å². The Bertz CT molecular complexity index is 1250. The second-order valence-corrected chi connectivity index (χ2v) is 9.60. The van der Waals surface area contributed by atoms with Crippen molar-refractivity contribution in [1.82, 2.24) is 9.66 Å². The van der Waals surface area contributed by atoms with Gasteiger partial charge >= 0.3 is 0 Å². The van der Waals surface area contributed by atoms with E-state index in [1.165, 1.54) is 4.68 Å². The number of hydrogen-bond donors (Lipinski definition) is 0. The Hall–Kier alpha value is -1.97. The van der Waals surface area contributed by atoms with Gasteiger partial charge < -0.3 is 9.47 Å². The van der Waals surface area contributed by atoms with Crippen molar-refractivity contribution in [1.29, 1.82) is 0 Å². The predicted octanol–water partition coefficient (Wildman–Crippen LogP) is 6.65. The minimum atomic E-state index is -0.234. The summed E-state index contributed by atoms with van der Waals surface area (Å²) in [5, 5.41) is 5.00. The SMILES string of the molecule is C=CCOc1c(OCC)cc(C=Nn2c(C(C)C)nc3ccc(Br)cc3c2=O)c(Br)c1Br. The summed E-state index contributed by atoms with van der Waals surface area (Å²) < 4.78 is 15.1. The molecule has 0 aliphatic heterocycles. The standard InChI is InChI=1S/C23H22Br3N3O3/c1-5-9-32-21-18(31-6-2)10-14(19(25)20(21)26)12-27-29-22(13(3)4)28-17-8-7-15(24)11-16(17)23(29)30/h5,7-8,10-13H,1,6,9H2,2-4H3. The maximum atomic E-state index is 13.2. The highest BCUT2D eigenvalue weighted by molar-refractivity contribution is 9.13. The van der Waals surface area contributed by atoms with E-state index >= 15 is 0 Å². The number of nitrogens with zero attached hydrogens (tertiary/aromatic N) is 3. The highest BCUT2D eigenvalue weighted by Crippen LogP contribution is 2.42. The first-order valence-electron chi connectivity index (χ1n) is 9.93. The lowest BCUT2D eigenvalue weighted by molar-refractivity contribution is 0.295. The molecular weight excluding hydrogens is 606 g/mol. The second-order valence-electron chi connectivity index (χ2n) is 7.10. The van der Waals surface area contributed by atoms with Gasteiger partial charge in [0, 0.05) is 20.4 Å². The third-order valence-corrected chi connectivity index (χ3v) is 7.10. The molecule has 0 bridgehead atoms. The lowest BCUT2D eigenvalue weighted by Gasteiger charge is -2.16. The lowest BCUT2D eigenvalue weighted by atomic mass is 10.2. The molecule has 3 rings (SSSR count). The highest BCUT2D eigenvalue weighted by Gasteiger charge is 2.18. The van der Waals surface area contributed by atoms with Crippen LogP contribution in [0.15, 0.2) is 60.2 Å². The first-order valence-corrected chi connectivity index (χ1v) is 12.3. The van der Waals surface area contributed by atoms with Gasteiger partial charge in [-0.3, -0.25) is 4.79 Å². The summed E-state index contributed by atoms with van der Waals surface area (Å²) >= 11 is 10.6. The van der Waals surface area contributed by atoms with Crippen LogP contribution >= 0.6 is 47.8 Å². The third-order valence-electron chi connectivity index (χ3n) is 4.46. The number of hydrogen-bond acceptors (Lipinski definition) is 5. The van der Waals surface area contributed by atoms with Gasteiger partial charge in [-0.1, -0.05) is 42.4 Å². The zero-order valence-corrected chi connectivity index (χ0v) is 22.6. The van der Waals surface area contributed by atoms with Crippen LogP contribution < -0.4 is 15.0 Å². The Morgan fingerprint density at radius 2 is 1.94 bits per heavy atom. The normalized spacial score (nSPS) is 11.5. The minimum absolute atomic E-state index is 0.00302. The van der Waals surface area contributed by atoms with Crippen LogP contribution in [0.4, 0.5) is 0 Å². The van der Waals surface area contributed by atoms with E-state index in [0.717, 1.165) is 8.95 Å². The Balaban J connectivity index is 2.16. The van der Waals surface area contributed by atoms with E-state index in [-0.39, 0.29) is 11.5 Å². The average Bonchev–Trinajstić information content (AvgIpc) is 2.76. The summed E-state index contributed by atoms with van der Waals surface area (Å²) in [7, 11) is 0. The van der Waals surface area contributed by atoms with E-state index in [1.807, 2.05) is 39.0 Å². The number of fused-ring (bicyclic) bond motifs is 1. The lowest BCUT2D eigenvalue weighted by Crippen LogP contribution is -2.23. The van der Waals surface area contributed by atoms with Crippen LogP contribution in [0.5, 0.6) is 11.5 Å². The molecule has 32 heavy (non-hydrogen) atoms. The molecule has 0 spiro atoms. The summed E-state index contributed by atoms with van der Waals surface area (Å²) in [6.45, 7) is 10.3. The van der Waals surface area contributed by atoms with Gasteiger partial charge in [0.1, 0.15) is 12.4 Å². The van der Waals surface area contributed by atoms with Crippen molar-refractivity contribution in [3.05, 3.63) is 72.1 Å². The zero-order valence-electron chi connectivity index (χ0n) is 17.9. The van der Waals surface area contributed by atoms with Crippen molar-refractivity contribution in [2.24, 2.45) is 5.10 Å². The average molecular weight is 628 g/mol. The second kappa shape index (κ2) is 10.8. The molecule has 6 nitrogen and oxygen atoms in total. The molecule has 0 fully saturated rings. The molecule has 0 saturated heterocycles. The molecule has 2 aromatic carbocycles. The van der Waals surface area contributed by atoms with E-state index in [1.54, 1.807) is 18.4 Å². The Morgan fingerprint density at radius 1 is 1.19 bits per heavy atom. The molecule has 3 aromatic rings. The number of halogens is 3. The molecule has 9 heteroatoms. The van der Waals surface area contributed by atoms with Gasteiger partial charge in [-0.25, -0.2) is 4.98 Å². The fourth-order valence-corrected chi connectivity index (χ4v) is 4.31. The molecule has 168 valence electrons. The molecule has 1 aromatic heterocycles. The largest absolute Gasteiger partial charge is 0.490 e. The molecule has 0 radical (unpaired) electrons. The minimum Gasteiger partial charge on any atom is -0.490 e. The van der Waals surface area contributed by atoms with Crippen LogP contribution in [0.1, 0.15) is 38.1 Å². The molecule has 0 aliphatic carbocycles. The first kappa shape index (κ1) is 24.7. The van der Waals surface area contributed by atoms with Crippen molar-refractivity contribution in [3.8, 4) is 11.5 Å². The fourth-order valence-electron chi connectivity index (χ4n) is 3.01. The molecule has 0 saturated carbocycles. The van der Waals surface area contributed by atoms with Crippen molar-refractivity contribution < 1.29 is 9.47 Å². The smallest absolute Gasteiger partial charge is 0.282 e. The maximum Gasteiger partial charge on any atom is 0.282 e. The van der Waals surface area contributed by atoms with Gasteiger partial charge in [0.05, 0.1) is 28.2 Å². The highest BCUT2D eigenvalue weighted by atomic mass is 79.9. The van der Waals surface area contributed by atoms with Gasteiger partial charge in [-0.15, -0.1) is 0 Å². The van der Waals surface area contributed by atoms with Crippen LogP contribution in [-0.2, 0) is 0 Å². The number of aromatic nitrogens is 2. The van der Waals surface area contributed by atoms with E-state index in [9.17, 15) is 4.79 Å². The van der Waals surface area contributed by atoms with Crippen molar-refractivity contribution in [2.45, 2.75) is 26.7 Å². The Labute approximate surface area is 211 Å². The van der Waals surface area contributed by atoms with E-state index < -0.39 is 0 Å². The quantitative estimate of drug-likeness (QED) is 0.207. The molecule has 0 aliphatic rings.